The number of hydrogen-bond donors (Lipinski definition) is 1. The number of nitriles is 1. The Morgan fingerprint density at radius 2 is 1.84 bits per heavy atom. The third kappa shape index (κ3) is 5.44. The molecule has 0 amide bonds. The molecule has 1 N–H and O–H groups in total. The van der Waals surface area contributed by atoms with Crippen molar-refractivity contribution in [2.75, 3.05) is 0 Å². The maximum atomic E-state index is 8.96. The zero-order valence-electron chi connectivity index (χ0n) is 13.0. The average molecular weight is 258 g/mol. The van der Waals surface area contributed by atoms with Crippen molar-refractivity contribution in [3.63, 3.8) is 0 Å². The van der Waals surface area contributed by atoms with Crippen LogP contribution in [0, 0.1) is 16.7 Å². The van der Waals surface area contributed by atoms with Crippen LogP contribution in [0.1, 0.15) is 65.1 Å². The quantitative estimate of drug-likeness (QED) is 0.867. The second-order valence-electron chi connectivity index (χ2n) is 7.22. The summed E-state index contributed by atoms with van der Waals surface area (Å²) in [6.45, 7) is 13.4. The van der Waals surface area contributed by atoms with E-state index >= 15 is 0 Å². The molecule has 2 nitrogen and oxygen atoms in total. The number of rotatable bonds is 4. The number of hydrogen-bond acceptors (Lipinski definition) is 2. The van der Waals surface area contributed by atoms with E-state index in [1.807, 2.05) is 18.2 Å². The highest BCUT2D eigenvalue weighted by Crippen LogP contribution is 2.29. The molecule has 1 rings (SSSR count). The zero-order chi connectivity index (χ0) is 14.7. The van der Waals surface area contributed by atoms with Gasteiger partial charge in [0.15, 0.2) is 0 Å². The van der Waals surface area contributed by atoms with Crippen LogP contribution in [0.5, 0.6) is 0 Å². The Bertz CT molecular complexity index is 461. The molecule has 0 bridgehead atoms. The molecule has 1 aromatic rings. The lowest BCUT2D eigenvalue weighted by Gasteiger charge is -2.36. The normalized spacial score (nSPS) is 13.9. The number of nitrogens with zero attached hydrogens (tertiary/aromatic N) is 1. The van der Waals surface area contributed by atoms with Gasteiger partial charge in [0, 0.05) is 11.6 Å². The van der Waals surface area contributed by atoms with Crippen LogP contribution in [0.25, 0.3) is 0 Å². The first-order valence-corrected chi connectivity index (χ1v) is 6.91. The highest BCUT2D eigenvalue weighted by Gasteiger charge is 2.26. The van der Waals surface area contributed by atoms with Crippen LogP contribution in [-0.4, -0.2) is 5.54 Å². The van der Waals surface area contributed by atoms with Gasteiger partial charge in [-0.3, -0.25) is 0 Å². The predicted octanol–water partition coefficient (Wildman–Crippen LogP) is 4.42. The molecule has 2 heteroatoms. The smallest absolute Gasteiger partial charge is 0.0991 e. The van der Waals surface area contributed by atoms with Crippen LogP contribution < -0.4 is 5.32 Å². The summed E-state index contributed by atoms with van der Waals surface area (Å²) < 4.78 is 0. The molecule has 104 valence electrons. The molecule has 0 aliphatic carbocycles. The van der Waals surface area contributed by atoms with Gasteiger partial charge in [-0.05, 0) is 50.3 Å². The van der Waals surface area contributed by atoms with Crippen molar-refractivity contribution >= 4 is 0 Å². The first-order valence-electron chi connectivity index (χ1n) is 6.91. The molecule has 0 aliphatic heterocycles. The van der Waals surface area contributed by atoms with E-state index in [4.69, 9.17) is 5.26 Å². The third-order valence-electron chi connectivity index (χ3n) is 3.10. The standard InChI is InChI=1S/C17H26N2/c1-13(15-9-7-8-14(10-15)11-18)19-17(5,6)12-16(2,3)4/h7-10,13,19H,12H2,1-6H3. The molecule has 0 saturated carbocycles. The largest absolute Gasteiger partial charge is 0.305 e. The Balaban J connectivity index is 2.78. The molecule has 19 heavy (non-hydrogen) atoms. The zero-order valence-corrected chi connectivity index (χ0v) is 13.0. The Morgan fingerprint density at radius 1 is 1.21 bits per heavy atom. The van der Waals surface area contributed by atoms with Gasteiger partial charge in [0.05, 0.1) is 11.6 Å². The Morgan fingerprint density at radius 3 is 2.37 bits per heavy atom. The van der Waals surface area contributed by atoms with Gasteiger partial charge in [-0.25, -0.2) is 0 Å². The van der Waals surface area contributed by atoms with Crippen molar-refractivity contribution in [3.05, 3.63) is 35.4 Å². The summed E-state index contributed by atoms with van der Waals surface area (Å²) in [5.74, 6) is 0. The second-order valence-corrected chi connectivity index (χ2v) is 7.22. The number of nitrogens with one attached hydrogen (secondary N) is 1. The summed E-state index contributed by atoms with van der Waals surface area (Å²) in [4.78, 5) is 0. The highest BCUT2D eigenvalue weighted by molar-refractivity contribution is 5.34. The molecular formula is C17H26N2. The Labute approximate surface area is 117 Å². The topological polar surface area (TPSA) is 35.8 Å². The van der Waals surface area contributed by atoms with Gasteiger partial charge in [-0.15, -0.1) is 0 Å². The molecule has 0 heterocycles. The molecule has 0 aromatic heterocycles. The van der Waals surface area contributed by atoms with Crippen LogP contribution >= 0.6 is 0 Å². The van der Waals surface area contributed by atoms with Crippen molar-refractivity contribution in [1.82, 2.24) is 5.32 Å². The minimum Gasteiger partial charge on any atom is -0.305 e. The van der Waals surface area contributed by atoms with Gasteiger partial charge in [-0.2, -0.15) is 5.26 Å². The maximum absolute atomic E-state index is 8.96. The van der Waals surface area contributed by atoms with Gasteiger partial charge in [0.2, 0.25) is 0 Å². The lowest BCUT2D eigenvalue weighted by atomic mass is 9.81. The molecule has 0 aliphatic rings. The molecule has 1 atom stereocenters. The molecule has 0 spiro atoms. The minimum atomic E-state index is 0.0698. The van der Waals surface area contributed by atoms with Crippen LogP contribution in [0.4, 0.5) is 0 Å². The molecule has 0 radical (unpaired) electrons. The van der Waals surface area contributed by atoms with E-state index in [0.717, 1.165) is 12.0 Å². The van der Waals surface area contributed by atoms with E-state index in [1.165, 1.54) is 5.56 Å². The number of benzene rings is 1. The lowest BCUT2D eigenvalue weighted by Crippen LogP contribution is -2.43. The lowest BCUT2D eigenvalue weighted by molar-refractivity contribution is 0.227. The molecular weight excluding hydrogens is 232 g/mol. The van der Waals surface area contributed by atoms with Crippen molar-refractivity contribution in [1.29, 1.82) is 5.26 Å². The highest BCUT2D eigenvalue weighted by atomic mass is 15.0. The van der Waals surface area contributed by atoms with Gasteiger partial charge < -0.3 is 5.32 Å². The molecule has 1 aromatic carbocycles. The fraction of sp³-hybridized carbons (Fsp3) is 0.588. The van der Waals surface area contributed by atoms with Crippen molar-refractivity contribution in [2.24, 2.45) is 5.41 Å². The van der Waals surface area contributed by atoms with Crippen molar-refractivity contribution in [2.45, 2.75) is 59.5 Å². The van der Waals surface area contributed by atoms with Crippen LogP contribution in [0.15, 0.2) is 24.3 Å². The molecule has 0 fully saturated rings. The summed E-state index contributed by atoms with van der Waals surface area (Å²) >= 11 is 0. The summed E-state index contributed by atoms with van der Waals surface area (Å²) in [6, 6.07) is 10.3. The summed E-state index contributed by atoms with van der Waals surface area (Å²) in [6.07, 6.45) is 1.10. The fourth-order valence-electron chi connectivity index (χ4n) is 2.92. The first kappa shape index (κ1) is 15.7. The van der Waals surface area contributed by atoms with Gasteiger partial charge in [-0.1, -0.05) is 32.9 Å². The maximum Gasteiger partial charge on any atom is 0.0991 e. The monoisotopic (exact) mass is 258 g/mol. The SMILES string of the molecule is CC(NC(C)(C)CC(C)(C)C)c1cccc(C#N)c1. The van der Waals surface area contributed by atoms with E-state index in [1.54, 1.807) is 0 Å². The third-order valence-corrected chi connectivity index (χ3v) is 3.10. The van der Waals surface area contributed by atoms with E-state index < -0.39 is 0 Å². The second kappa shape index (κ2) is 5.75. The van der Waals surface area contributed by atoms with E-state index in [-0.39, 0.29) is 11.6 Å². The summed E-state index contributed by atoms with van der Waals surface area (Å²) in [5.41, 5.74) is 2.26. The van der Waals surface area contributed by atoms with Crippen LogP contribution in [-0.2, 0) is 0 Å². The van der Waals surface area contributed by atoms with Gasteiger partial charge in [0.25, 0.3) is 0 Å². The molecule has 1 unspecified atom stereocenters. The Hall–Kier alpha value is -1.33. The predicted molar refractivity (Wildman–Crippen MR) is 80.9 cm³/mol. The van der Waals surface area contributed by atoms with E-state index in [9.17, 15) is 0 Å². The van der Waals surface area contributed by atoms with Crippen molar-refractivity contribution in [3.8, 4) is 6.07 Å². The summed E-state index contributed by atoms with van der Waals surface area (Å²) in [7, 11) is 0. The molecule has 0 saturated heterocycles. The average Bonchev–Trinajstić information content (AvgIpc) is 2.25. The van der Waals surface area contributed by atoms with Crippen LogP contribution in [0.2, 0.25) is 0 Å². The van der Waals surface area contributed by atoms with Gasteiger partial charge in [0.1, 0.15) is 0 Å². The van der Waals surface area contributed by atoms with Gasteiger partial charge >= 0.3 is 0 Å². The summed E-state index contributed by atoms with van der Waals surface area (Å²) in [5, 5.41) is 12.6. The van der Waals surface area contributed by atoms with Crippen molar-refractivity contribution < 1.29 is 0 Å². The first-order chi connectivity index (χ1) is 8.63. The Kier molecular flexibility index (Phi) is 4.76. The minimum absolute atomic E-state index is 0.0698. The van der Waals surface area contributed by atoms with Crippen LogP contribution in [0.3, 0.4) is 0 Å². The van der Waals surface area contributed by atoms with E-state index in [0.29, 0.717) is 5.41 Å². The van der Waals surface area contributed by atoms with E-state index in [2.05, 4.69) is 59.0 Å². The fourth-order valence-corrected chi connectivity index (χ4v) is 2.92.